The van der Waals surface area contributed by atoms with E-state index in [0.717, 1.165) is 49.9 Å². The molecule has 0 saturated heterocycles. The Morgan fingerprint density at radius 2 is 1.15 bits per heavy atom. The van der Waals surface area contributed by atoms with Gasteiger partial charge in [0.25, 0.3) is 6.33 Å². The minimum Gasteiger partial charge on any atom is -0.458 e. The highest BCUT2D eigenvalue weighted by Crippen LogP contribution is 2.46. The van der Waals surface area contributed by atoms with Crippen LogP contribution in [0.1, 0.15) is 90.0 Å². The highest BCUT2D eigenvalue weighted by atomic mass is 16.5. The van der Waals surface area contributed by atoms with E-state index in [-0.39, 0.29) is 45.2 Å². The molecule has 0 spiro atoms. The predicted octanol–water partition coefficient (Wildman–Crippen LogP) is 16.9. The fourth-order valence-electron chi connectivity index (χ4n) is 10.2. The molecule has 1 aliphatic rings. The van der Waals surface area contributed by atoms with Gasteiger partial charge < -0.3 is 4.74 Å². The molecule has 11 aromatic rings. The summed E-state index contributed by atoms with van der Waals surface area (Å²) in [5.74, 6) is 1.97. The lowest BCUT2D eigenvalue weighted by atomic mass is 9.82. The zero-order valence-corrected chi connectivity index (χ0v) is 41.5. The first-order chi connectivity index (χ1) is 37.4. The van der Waals surface area contributed by atoms with Gasteiger partial charge in [-0.25, -0.2) is 4.98 Å². The summed E-state index contributed by atoms with van der Waals surface area (Å²) in [6.45, 7) is 19.3. The van der Waals surface area contributed by atoms with Crippen molar-refractivity contribution in [1.82, 2.24) is 14.1 Å². The van der Waals surface area contributed by atoms with Crippen LogP contribution < -0.4 is 9.30 Å². The predicted molar refractivity (Wildman–Crippen MR) is 294 cm³/mol. The Bertz CT molecular complexity index is 4380. The van der Waals surface area contributed by atoms with Crippen molar-refractivity contribution < 1.29 is 20.3 Å². The number of pyridine rings is 1. The van der Waals surface area contributed by atoms with Crippen LogP contribution in [0, 0.1) is 6.33 Å². The molecule has 0 unspecified atom stereocenters. The average molecular weight is 931 g/mol. The van der Waals surface area contributed by atoms with Gasteiger partial charge in [0.05, 0.1) is 44.4 Å². The van der Waals surface area contributed by atoms with Gasteiger partial charge in [0.1, 0.15) is 17.3 Å². The number of hydrogen-bond donors (Lipinski definition) is 0. The molecule has 1 aliphatic heterocycles. The van der Waals surface area contributed by atoms with E-state index in [1.165, 1.54) is 5.56 Å². The van der Waals surface area contributed by atoms with Crippen LogP contribution in [-0.2, 0) is 16.2 Å². The van der Waals surface area contributed by atoms with Gasteiger partial charge in [-0.05, 0) is 132 Å². The van der Waals surface area contributed by atoms with Crippen LogP contribution in [0.3, 0.4) is 0 Å². The molecule has 0 bridgehead atoms. The summed E-state index contributed by atoms with van der Waals surface area (Å²) < 4.78 is 88.2. The van der Waals surface area contributed by atoms with Crippen LogP contribution in [0.2, 0.25) is 0 Å². The highest BCUT2D eigenvalue weighted by Gasteiger charge is 2.30. The monoisotopic (exact) mass is 931 g/mol. The number of aromatic nitrogens is 4. The first-order valence-electron chi connectivity index (χ1n) is 28.2. The Hall–Kier alpha value is -8.02. The van der Waals surface area contributed by atoms with E-state index >= 15 is 0 Å². The van der Waals surface area contributed by atoms with Crippen molar-refractivity contribution in [3.63, 3.8) is 0 Å². The Morgan fingerprint density at radius 1 is 0.507 bits per heavy atom. The van der Waals surface area contributed by atoms with Crippen LogP contribution in [0.5, 0.6) is 11.5 Å². The zero-order chi connectivity index (χ0) is 55.9. The summed E-state index contributed by atoms with van der Waals surface area (Å²) in [7, 11) is 0. The number of nitrogens with zero attached hydrogens (tertiary/aromatic N) is 4. The third-order valence-corrected chi connectivity index (χ3v) is 13.9. The van der Waals surface area contributed by atoms with E-state index in [1.54, 1.807) is 0 Å². The summed E-state index contributed by atoms with van der Waals surface area (Å²) in [6.07, 6.45) is 5.63. The standard InChI is InChI=1S/C66H58N4O/c1-64(2,3)44-30-28-42(29-31-44)43-36-56-52-23-13-11-21-50(52)49-20-10-12-22-51(49)55-25-17-26-57(66(7,8)9)62(55)69-41-68(60(37-43)63(56)69)46-18-16-19-47(39-46)71-48-32-33-54-53-24-14-15-27-58(53)70(59(54)40-48)61-38-45(34-35-67-61)65(4,5)6/h10-40H,1-9H3/i10D,11D,12D,13D,20D,21D,22D,23D. The zero-order valence-electron chi connectivity index (χ0n) is 49.5. The van der Waals surface area contributed by atoms with E-state index in [2.05, 4.69) is 140 Å². The van der Waals surface area contributed by atoms with E-state index in [9.17, 15) is 6.85 Å². The second-order valence-electron chi connectivity index (χ2n) is 21.7. The van der Waals surface area contributed by atoms with Gasteiger partial charge in [-0.2, -0.15) is 0 Å². The lowest BCUT2D eigenvalue weighted by Crippen LogP contribution is -2.35. The molecular weight excluding hydrogens is 865 g/mol. The third kappa shape index (κ3) is 7.54. The fourth-order valence-corrected chi connectivity index (χ4v) is 10.2. The number of imidazole rings is 1. The molecule has 71 heavy (non-hydrogen) atoms. The molecule has 0 saturated carbocycles. The molecule has 8 aromatic carbocycles. The number of para-hydroxylation sites is 2. The molecule has 0 fully saturated rings. The van der Waals surface area contributed by atoms with Gasteiger partial charge in [-0.3, -0.25) is 13.7 Å². The molecule has 0 aliphatic carbocycles. The minimum atomic E-state index is -0.544. The van der Waals surface area contributed by atoms with Gasteiger partial charge in [0, 0.05) is 23.0 Å². The summed E-state index contributed by atoms with van der Waals surface area (Å²) in [6, 6.07) is 41.1. The van der Waals surface area contributed by atoms with Crippen molar-refractivity contribution in [3.05, 3.63) is 211 Å². The van der Waals surface area contributed by atoms with Crippen molar-refractivity contribution >= 4 is 32.8 Å². The molecule has 5 nitrogen and oxygen atoms in total. The largest absolute Gasteiger partial charge is 0.458 e. The maximum Gasteiger partial charge on any atom is 0.269 e. The Morgan fingerprint density at radius 3 is 1.86 bits per heavy atom. The molecule has 0 amide bonds. The van der Waals surface area contributed by atoms with Gasteiger partial charge in [0.15, 0.2) is 0 Å². The fraction of sp³-hybridized carbons (Fsp3) is 0.182. The summed E-state index contributed by atoms with van der Waals surface area (Å²) in [5, 5.41) is 2.16. The second kappa shape index (κ2) is 16.3. The Balaban J connectivity index is 1.15. The van der Waals surface area contributed by atoms with Crippen LogP contribution in [0.4, 0.5) is 0 Å². The third-order valence-electron chi connectivity index (χ3n) is 13.9. The normalized spacial score (nSPS) is 14.2. The quantitative estimate of drug-likeness (QED) is 0.127. The first-order valence-corrected chi connectivity index (χ1v) is 24.2. The smallest absolute Gasteiger partial charge is 0.269 e. The van der Waals surface area contributed by atoms with Crippen LogP contribution in [-0.4, -0.2) is 14.1 Å². The maximum absolute atomic E-state index is 9.84. The van der Waals surface area contributed by atoms with Crippen LogP contribution >= 0.6 is 0 Å². The summed E-state index contributed by atoms with van der Waals surface area (Å²) >= 11 is 0. The van der Waals surface area contributed by atoms with Crippen molar-refractivity contribution in [1.29, 1.82) is 0 Å². The lowest BCUT2D eigenvalue weighted by Gasteiger charge is -2.26. The Kier molecular flexibility index (Phi) is 8.25. The SMILES string of the molecule is [2H]c1c([2H])c([2H])c2c(c1[2H])-c1cccc(C(C)(C)C)c1-[n+]1[c-]n(-c3cccc(Oc4ccc5c6ccccc6n(-c6cc(C(C)(C)C)ccn6)c5c4)c3)c3cc(-c4ccc(C(C)(C)C)cc4)cc(c31)-c1c([2H])c([2H])c([2H])c([2H])c1-2. The molecule has 348 valence electrons. The number of hydrogen-bond acceptors (Lipinski definition) is 2. The van der Waals surface area contributed by atoms with Crippen molar-refractivity contribution in [3.8, 4) is 73.2 Å². The molecule has 5 heteroatoms. The van der Waals surface area contributed by atoms with Gasteiger partial charge >= 0.3 is 0 Å². The average Bonchev–Trinajstić information content (AvgIpc) is 4.20. The highest BCUT2D eigenvalue weighted by molar-refractivity contribution is 6.09. The maximum atomic E-state index is 9.84. The van der Waals surface area contributed by atoms with Crippen molar-refractivity contribution in [2.24, 2.45) is 0 Å². The molecule has 12 rings (SSSR count). The van der Waals surface area contributed by atoms with E-state index in [0.29, 0.717) is 45.0 Å². The Labute approximate surface area is 428 Å². The molecule has 0 N–H and O–H groups in total. The van der Waals surface area contributed by atoms with Crippen molar-refractivity contribution in [2.45, 2.75) is 78.6 Å². The number of fused-ring (bicyclic) bond motifs is 10. The van der Waals surface area contributed by atoms with E-state index < -0.39 is 41.7 Å². The summed E-state index contributed by atoms with van der Waals surface area (Å²) in [4.78, 5) is 4.89. The van der Waals surface area contributed by atoms with E-state index in [1.807, 2.05) is 82.1 Å². The topological polar surface area (TPSA) is 35.9 Å². The molecular formula is C66H58N4O. The number of rotatable bonds is 5. The second-order valence-corrected chi connectivity index (χ2v) is 21.7. The molecule has 3 aromatic heterocycles. The van der Waals surface area contributed by atoms with Crippen LogP contribution in [0.15, 0.2) is 188 Å². The van der Waals surface area contributed by atoms with Crippen LogP contribution in [0.25, 0.3) is 94.5 Å². The molecule has 0 radical (unpaired) electrons. The molecule has 4 heterocycles. The van der Waals surface area contributed by atoms with E-state index in [4.69, 9.17) is 13.8 Å². The summed E-state index contributed by atoms with van der Waals surface area (Å²) in [5.41, 5.74) is 9.49. The van der Waals surface area contributed by atoms with Gasteiger partial charge in [-0.1, -0.05) is 183 Å². The number of ether oxygens (including phenoxy) is 1. The van der Waals surface area contributed by atoms with Crippen molar-refractivity contribution in [2.75, 3.05) is 0 Å². The lowest BCUT2D eigenvalue weighted by molar-refractivity contribution is -0.572. The minimum absolute atomic E-state index is 0.00915. The van der Waals surface area contributed by atoms with Gasteiger partial charge in [-0.15, -0.1) is 0 Å². The molecule has 0 atom stereocenters. The van der Waals surface area contributed by atoms with Gasteiger partial charge in [0.2, 0.25) is 0 Å². The first kappa shape index (κ1) is 36.0. The number of benzene rings is 8.